The van der Waals surface area contributed by atoms with Crippen LogP contribution in [0.15, 0.2) is 17.5 Å². The van der Waals surface area contributed by atoms with Crippen molar-refractivity contribution in [1.29, 1.82) is 0 Å². The van der Waals surface area contributed by atoms with E-state index < -0.39 is 0 Å². The fourth-order valence-corrected chi connectivity index (χ4v) is 2.89. The highest BCUT2D eigenvalue weighted by Gasteiger charge is 2.25. The Morgan fingerprint density at radius 3 is 2.75 bits per heavy atom. The van der Waals surface area contributed by atoms with E-state index >= 15 is 0 Å². The number of amides is 2. The molecule has 0 atom stereocenters. The molecule has 2 heterocycles. The van der Waals surface area contributed by atoms with Crippen LogP contribution in [0, 0.1) is 0 Å². The van der Waals surface area contributed by atoms with E-state index in [1.54, 1.807) is 11.3 Å². The van der Waals surface area contributed by atoms with Gasteiger partial charge in [-0.15, -0.1) is 11.3 Å². The third-order valence-electron chi connectivity index (χ3n) is 3.43. The molecule has 1 aliphatic rings. The molecule has 0 saturated carbocycles. The lowest BCUT2D eigenvalue weighted by molar-refractivity contribution is 0.0466. The average molecular weight is 297 g/mol. The van der Waals surface area contributed by atoms with Crippen LogP contribution in [-0.4, -0.2) is 62.3 Å². The van der Waals surface area contributed by atoms with E-state index in [9.17, 15) is 4.79 Å². The standard InChI is InChI=1S/C14H23N3O2S/c1-16(2)7-8-17(12-5-9-19-10-6-12)14(18)15-13-4-3-11-20-13/h3-4,11-12H,5-10H2,1-2H3,(H,15,18). The Kier molecular flexibility index (Phi) is 5.82. The molecular formula is C14H23N3O2S. The van der Waals surface area contributed by atoms with Crippen LogP contribution in [0.4, 0.5) is 9.80 Å². The largest absolute Gasteiger partial charge is 0.381 e. The van der Waals surface area contributed by atoms with E-state index in [1.807, 2.05) is 36.5 Å². The number of carbonyl (C=O) groups excluding carboxylic acids is 1. The molecule has 2 rings (SSSR count). The number of hydrogen-bond donors (Lipinski definition) is 1. The lowest BCUT2D eigenvalue weighted by Crippen LogP contribution is -2.48. The number of hydrogen-bond acceptors (Lipinski definition) is 4. The first kappa shape index (κ1) is 15.3. The fourth-order valence-electron chi connectivity index (χ4n) is 2.28. The highest BCUT2D eigenvalue weighted by Crippen LogP contribution is 2.19. The number of urea groups is 1. The van der Waals surface area contributed by atoms with Crippen LogP contribution in [0.3, 0.4) is 0 Å². The predicted molar refractivity (Wildman–Crippen MR) is 82.4 cm³/mol. The molecule has 1 aromatic heterocycles. The van der Waals surface area contributed by atoms with Crippen LogP contribution in [0.25, 0.3) is 0 Å². The van der Waals surface area contributed by atoms with E-state index in [0.717, 1.165) is 44.1 Å². The summed E-state index contributed by atoms with van der Waals surface area (Å²) in [5, 5.41) is 5.86. The Labute approximate surface area is 124 Å². The molecule has 0 bridgehead atoms. The van der Waals surface area contributed by atoms with Gasteiger partial charge in [-0.3, -0.25) is 5.32 Å². The normalized spacial score (nSPS) is 16.4. The fraction of sp³-hybridized carbons (Fsp3) is 0.643. The van der Waals surface area contributed by atoms with Gasteiger partial charge in [0.2, 0.25) is 0 Å². The van der Waals surface area contributed by atoms with Gasteiger partial charge in [-0.25, -0.2) is 4.79 Å². The van der Waals surface area contributed by atoms with Gasteiger partial charge in [-0.2, -0.15) is 0 Å². The van der Waals surface area contributed by atoms with Gasteiger partial charge in [0.1, 0.15) is 0 Å². The second kappa shape index (κ2) is 7.61. The van der Waals surface area contributed by atoms with Gasteiger partial charge in [-0.05, 0) is 44.4 Å². The van der Waals surface area contributed by atoms with E-state index in [2.05, 4.69) is 10.2 Å². The number of ether oxygens (including phenoxy) is 1. The first-order valence-corrected chi connectivity index (χ1v) is 7.88. The first-order chi connectivity index (χ1) is 9.66. The van der Waals surface area contributed by atoms with Crippen molar-refractivity contribution in [1.82, 2.24) is 9.80 Å². The van der Waals surface area contributed by atoms with E-state index in [-0.39, 0.29) is 12.1 Å². The van der Waals surface area contributed by atoms with Crippen LogP contribution in [0.5, 0.6) is 0 Å². The topological polar surface area (TPSA) is 44.8 Å². The van der Waals surface area contributed by atoms with E-state index in [0.29, 0.717) is 0 Å². The molecule has 6 heteroatoms. The molecule has 1 fully saturated rings. The molecule has 0 aromatic carbocycles. The lowest BCUT2D eigenvalue weighted by Gasteiger charge is -2.34. The minimum absolute atomic E-state index is 0.00111. The molecule has 0 radical (unpaired) electrons. The summed E-state index contributed by atoms with van der Waals surface area (Å²) in [5.41, 5.74) is 0. The summed E-state index contributed by atoms with van der Waals surface area (Å²) in [6, 6.07) is 4.15. The maximum absolute atomic E-state index is 12.5. The summed E-state index contributed by atoms with van der Waals surface area (Å²) in [5.74, 6) is 0. The van der Waals surface area contributed by atoms with E-state index in [1.165, 1.54) is 0 Å². The summed E-state index contributed by atoms with van der Waals surface area (Å²) in [6.07, 6.45) is 1.84. The maximum atomic E-state index is 12.5. The minimum Gasteiger partial charge on any atom is -0.381 e. The Hall–Kier alpha value is -1.11. The Morgan fingerprint density at radius 1 is 1.40 bits per heavy atom. The van der Waals surface area contributed by atoms with Gasteiger partial charge in [0.05, 0.1) is 5.00 Å². The Morgan fingerprint density at radius 2 is 2.15 bits per heavy atom. The highest BCUT2D eigenvalue weighted by molar-refractivity contribution is 7.14. The van der Waals surface area contributed by atoms with Crippen molar-refractivity contribution in [3.8, 4) is 0 Å². The Bertz CT molecular complexity index is 403. The van der Waals surface area contributed by atoms with Crippen molar-refractivity contribution in [2.24, 2.45) is 0 Å². The van der Waals surface area contributed by atoms with Crippen molar-refractivity contribution >= 4 is 22.4 Å². The van der Waals surface area contributed by atoms with Crippen molar-refractivity contribution < 1.29 is 9.53 Å². The molecule has 5 nitrogen and oxygen atoms in total. The monoisotopic (exact) mass is 297 g/mol. The van der Waals surface area contributed by atoms with Crippen molar-refractivity contribution in [3.05, 3.63) is 17.5 Å². The molecule has 112 valence electrons. The van der Waals surface area contributed by atoms with Crippen molar-refractivity contribution in [3.63, 3.8) is 0 Å². The highest BCUT2D eigenvalue weighted by atomic mass is 32.1. The second-order valence-corrected chi connectivity index (χ2v) is 6.20. The minimum atomic E-state index is 0.00111. The van der Waals surface area contributed by atoms with Gasteiger partial charge in [0, 0.05) is 32.3 Å². The number of anilines is 1. The van der Waals surface area contributed by atoms with Crippen LogP contribution in [0.2, 0.25) is 0 Å². The zero-order chi connectivity index (χ0) is 14.4. The van der Waals surface area contributed by atoms with Crippen LogP contribution in [0.1, 0.15) is 12.8 Å². The predicted octanol–water partition coefficient (Wildman–Crippen LogP) is 2.32. The number of likely N-dealkylation sites (N-methyl/N-ethyl adjacent to an activating group) is 1. The average Bonchev–Trinajstić information content (AvgIpc) is 2.92. The molecular weight excluding hydrogens is 274 g/mol. The van der Waals surface area contributed by atoms with Gasteiger partial charge in [0.15, 0.2) is 0 Å². The zero-order valence-electron chi connectivity index (χ0n) is 12.2. The molecule has 0 aliphatic carbocycles. The number of thiophene rings is 1. The number of rotatable bonds is 5. The summed E-state index contributed by atoms with van der Waals surface area (Å²) in [6.45, 7) is 3.11. The summed E-state index contributed by atoms with van der Waals surface area (Å²) < 4.78 is 5.39. The van der Waals surface area contributed by atoms with Gasteiger partial charge < -0.3 is 14.5 Å². The SMILES string of the molecule is CN(C)CCN(C(=O)Nc1cccs1)C1CCOCC1. The van der Waals surface area contributed by atoms with Gasteiger partial charge in [0.25, 0.3) is 0 Å². The maximum Gasteiger partial charge on any atom is 0.322 e. The molecule has 2 amide bonds. The van der Waals surface area contributed by atoms with Gasteiger partial charge in [-0.1, -0.05) is 0 Å². The van der Waals surface area contributed by atoms with Crippen LogP contribution >= 0.6 is 11.3 Å². The lowest BCUT2D eigenvalue weighted by atomic mass is 10.1. The number of nitrogens with one attached hydrogen (secondary N) is 1. The zero-order valence-corrected chi connectivity index (χ0v) is 13.0. The first-order valence-electron chi connectivity index (χ1n) is 7.00. The molecule has 1 aliphatic heterocycles. The third-order valence-corrected chi connectivity index (χ3v) is 4.22. The van der Waals surface area contributed by atoms with E-state index in [4.69, 9.17) is 4.74 Å². The number of nitrogens with zero attached hydrogens (tertiary/aromatic N) is 2. The van der Waals surface area contributed by atoms with Crippen molar-refractivity contribution in [2.75, 3.05) is 45.7 Å². The number of carbonyl (C=O) groups is 1. The molecule has 1 N–H and O–H groups in total. The van der Waals surface area contributed by atoms with Crippen LogP contribution in [-0.2, 0) is 4.74 Å². The molecule has 20 heavy (non-hydrogen) atoms. The third kappa shape index (κ3) is 4.47. The molecule has 1 aromatic rings. The summed E-state index contributed by atoms with van der Waals surface area (Å²) in [7, 11) is 4.05. The van der Waals surface area contributed by atoms with Crippen LogP contribution < -0.4 is 5.32 Å². The summed E-state index contributed by atoms with van der Waals surface area (Å²) in [4.78, 5) is 16.5. The molecule has 1 saturated heterocycles. The molecule has 0 spiro atoms. The smallest absolute Gasteiger partial charge is 0.322 e. The van der Waals surface area contributed by atoms with Crippen molar-refractivity contribution in [2.45, 2.75) is 18.9 Å². The quantitative estimate of drug-likeness (QED) is 0.907. The Balaban J connectivity index is 1.98. The van der Waals surface area contributed by atoms with Gasteiger partial charge >= 0.3 is 6.03 Å². The molecule has 0 unspecified atom stereocenters. The second-order valence-electron chi connectivity index (χ2n) is 5.25. The summed E-state index contributed by atoms with van der Waals surface area (Å²) >= 11 is 1.55.